The Hall–Kier alpha value is -2.76. The molecule has 0 aliphatic rings. The quantitative estimate of drug-likeness (QED) is 0.405. The molecular formula is C22H31N5O5S. The molecule has 180 valence electrons. The number of rotatable bonds is 11. The fourth-order valence-corrected chi connectivity index (χ4v) is 4.82. The first-order valence-corrected chi connectivity index (χ1v) is 12.5. The molecule has 2 aromatic heterocycles. The van der Waals surface area contributed by atoms with E-state index in [1.54, 1.807) is 17.5 Å². The monoisotopic (exact) mass is 477 g/mol. The van der Waals surface area contributed by atoms with Gasteiger partial charge in [0.2, 0.25) is 10.0 Å². The number of ether oxygens (including phenoxy) is 1. The molecule has 0 spiro atoms. The van der Waals surface area contributed by atoms with Crippen molar-refractivity contribution in [3.8, 4) is 17.1 Å². The summed E-state index contributed by atoms with van der Waals surface area (Å²) in [6.07, 6.45) is 3.70. The number of imidazole rings is 1. The van der Waals surface area contributed by atoms with Gasteiger partial charge in [0.1, 0.15) is 11.6 Å². The van der Waals surface area contributed by atoms with Gasteiger partial charge in [-0.05, 0) is 38.5 Å². The Labute approximate surface area is 193 Å². The maximum absolute atomic E-state index is 12.9. The normalized spacial score (nSPS) is 12.1. The summed E-state index contributed by atoms with van der Waals surface area (Å²) in [5.74, 6) is 1.27. The maximum atomic E-state index is 12.9. The van der Waals surface area contributed by atoms with Crippen LogP contribution in [0.25, 0.3) is 16.9 Å². The average Bonchev–Trinajstić information content (AvgIpc) is 3.10. The summed E-state index contributed by atoms with van der Waals surface area (Å²) in [6, 6.07) is 4.41. The van der Waals surface area contributed by atoms with Gasteiger partial charge < -0.3 is 14.8 Å². The van der Waals surface area contributed by atoms with Gasteiger partial charge in [-0.2, -0.15) is 4.31 Å². The van der Waals surface area contributed by atoms with Crippen molar-refractivity contribution < 1.29 is 18.3 Å². The van der Waals surface area contributed by atoms with Gasteiger partial charge in [-0.3, -0.25) is 4.79 Å². The van der Waals surface area contributed by atoms with E-state index in [4.69, 9.17) is 9.84 Å². The molecule has 2 heterocycles. The third-order valence-corrected chi connectivity index (χ3v) is 7.23. The van der Waals surface area contributed by atoms with Crippen LogP contribution >= 0.6 is 0 Å². The highest BCUT2D eigenvalue weighted by atomic mass is 32.2. The number of hydrogen-bond acceptors (Lipinski definition) is 7. The van der Waals surface area contributed by atoms with Crippen LogP contribution in [0.4, 0.5) is 0 Å². The zero-order valence-corrected chi connectivity index (χ0v) is 20.3. The van der Waals surface area contributed by atoms with Crippen LogP contribution in [0.2, 0.25) is 0 Å². The number of nitrogens with zero attached hydrogens (tertiary/aromatic N) is 4. The molecule has 0 aliphatic heterocycles. The number of aromatic amines is 1. The zero-order valence-electron chi connectivity index (χ0n) is 19.5. The molecule has 0 fully saturated rings. The summed E-state index contributed by atoms with van der Waals surface area (Å²) in [5.41, 5.74) is 0.948. The highest BCUT2D eigenvalue weighted by Gasteiger charge is 2.24. The molecule has 0 atom stereocenters. The van der Waals surface area contributed by atoms with Crippen molar-refractivity contribution in [2.75, 3.05) is 26.8 Å². The molecule has 33 heavy (non-hydrogen) atoms. The van der Waals surface area contributed by atoms with Crippen molar-refractivity contribution in [1.82, 2.24) is 23.9 Å². The first-order valence-electron chi connectivity index (χ1n) is 11.1. The fourth-order valence-electron chi connectivity index (χ4n) is 3.63. The van der Waals surface area contributed by atoms with Crippen LogP contribution in [-0.4, -0.2) is 64.2 Å². The number of unbranched alkanes of at least 4 members (excludes halogenated alkanes) is 2. The lowest BCUT2D eigenvalue weighted by molar-refractivity contribution is 0.266. The SMILES string of the molecule is CCCCCc1nc(C)c2c(=O)[nH]c(-c3cc(S(=O)(=O)N(C)CCO)ccc3OCC)nn12. The predicted molar refractivity (Wildman–Crippen MR) is 125 cm³/mol. The van der Waals surface area contributed by atoms with Crippen molar-refractivity contribution in [3.05, 3.63) is 40.1 Å². The molecule has 0 saturated heterocycles. The molecule has 0 radical (unpaired) electrons. The van der Waals surface area contributed by atoms with Crippen molar-refractivity contribution in [1.29, 1.82) is 0 Å². The molecule has 0 saturated carbocycles. The standard InChI is InChI=1S/C22H31N5O5S/c1-5-7-8-9-19-23-15(3)20-22(29)24-21(25-27(19)20)17-14-16(10-11-18(17)32-6-2)33(30,31)26(4)12-13-28/h10-11,14,28H,5-9,12-13H2,1-4H3,(H,24,25,29). The van der Waals surface area contributed by atoms with E-state index in [2.05, 4.69) is 22.0 Å². The summed E-state index contributed by atoms with van der Waals surface area (Å²) < 4.78 is 34.2. The van der Waals surface area contributed by atoms with E-state index >= 15 is 0 Å². The van der Waals surface area contributed by atoms with Crippen LogP contribution in [0.5, 0.6) is 5.75 Å². The fraction of sp³-hybridized carbons (Fsp3) is 0.500. The van der Waals surface area contributed by atoms with Crippen molar-refractivity contribution in [2.45, 2.75) is 51.3 Å². The van der Waals surface area contributed by atoms with Gasteiger partial charge in [-0.15, -0.1) is 5.10 Å². The van der Waals surface area contributed by atoms with Gasteiger partial charge in [0.05, 0.1) is 29.4 Å². The number of H-pyrrole nitrogens is 1. The number of hydrogen-bond donors (Lipinski definition) is 2. The van der Waals surface area contributed by atoms with Gasteiger partial charge in [0.25, 0.3) is 5.56 Å². The summed E-state index contributed by atoms with van der Waals surface area (Å²) in [5, 5.41) is 13.8. The predicted octanol–water partition coefficient (Wildman–Crippen LogP) is 2.14. The largest absolute Gasteiger partial charge is 0.493 e. The van der Waals surface area contributed by atoms with Gasteiger partial charge in [0.15, 0.2) is 11.3 Å². The highest BCUT2D eigenvalue weighted by Crippen LogP contribution is 2.31. The Morgan fingerprint density at radius 2 is 2.00 bits per heavy atom. The average molecular weight is 478 g/mol. The lowest BCUT2D eigenvalue weighted by Gasteiger charge is -2.17. The summed E-state index contributed by atoms with van der Waals surface area (Å²) in [4.78, 5) is 20.2. The van der Waals surface area contributed by atoms with E-state index in [-0.39, 0.29) is 29.4 Å². The Morgan fingerprint density at radius 1 is 1.24 bits per heavy atom. The van der Waals surface area contributed by atoms with E-state index in [1.165, 1.54) is 19.2 Å². The van der Waals surface area contributed by atoms with Crippen LogP contribution in [0.15, 0.2) is 27.9 Å². The number of aliphatic hydroxyl groups is 1. The summed E-state index contributed by atoms with van der Waals surface area (Å²) in [6.45, 7) is 5.71. The maximum Gasteiger partial charge on any atom is 0.277 e. The Kier molecular flexibility index (Phi) is 7.88. The molecule has 0 aliphatic carbocycles. The lowest BCUT2D eigenvalue weighted by atomic mass is 10.2. The number of fused-ring (bicyclic) bond motifs is 1. The molecule has 10 nitrogen and oxygen atoms in total. The van der Waals surface area contributed by atoms with Crippen molar-refractivity contribution in [2.24, 2.45) is 0 Å². The second kappa shape index (κ2) is 10.4. The van der Waals surface area contributed by atoms with E-state index in [9.17, 15) is 13.2 Å². The van der Waals surface area contributed by atoms with Crippen molar-refractivity contribution in [3.63, 3.8) is 0 Å². The van der Waals surface area contributed by atoms with Gasteiger partial charge >= 0.3 is 0 Å². The van der Waals surface area contributed by atoms with E-state index in [0.29, 0.717) is 41.4 Å². The number of likely N-dealkylation sites (N-methyl/N-ethyl adjacent to an activating group) is 1. The first-order chi connectivity index (χ1) is 15.7. The molecule has 1 aromatic carbocycles. The molecule has 0 bridgehead atoms. The second-order valence-electron chi connectivity index (χ2n) is 7.77. The second-order valence-corrected chi connectivity index (χ2v) is 9.82. The number of sulfonamides is 1. The number of nitrogens with one attached hydrogen (secondary N) is 1. The molecule has 2 N–H and O–H groups in total. The third-order valence-electron chi connectivity index (χ3n) is 5.38. The lowest BCUT2D eigenvalue weighted by Crippen LogP contribution is -2.29. The molecular weight excluding hydrogens is 446 g/mol. The van der Waals surface area contributed by atoms with Crippen LogP contribution in [0, 0.1) is 6.92 Å². The Morgan fingerprint density at radius 3 is 2.67 bits per heavy atom. The number of benzene rings is 1. The molecule has 3 rings (SSSR count). The molecule has 3 aromatic rings. The number of aryl methyl sites for hydroxylation is 2. The van der Waals surface area contributed by atoms with Crippen LogP contribution in [0.1, 0.15) is 44.6 Å². The van der Waals surface area contributed by atoms with Crippen LogP contribution in [-0.2, 0) is 16.4 Å². The van der Waals surface area contributed by atoms with Gasteiger partial charge in [-0.1, -0.05) is 19.8 Å². The Bertz CT molecular complexity index is 1280. The highest BCUT2D eigenvalue weighted by molar-refractivity contribution is 7.89. The number of aliphatic hydroxyl groups excluding tert-OH is 1. The summed E-state index contributed by atoms with van der Waals surface area (Å²) in [7, 11) is -2.46. The minimum atomic E-state index is -3.86. The minimum absolute atomic E-state index is 0.00429. The van der Waals surface area contributed by atoms with E-state index in [1.807, 2.05) is 6.92 Å². The number of aromatic nitrogens is 4. The molecule has 0 amide bonds. The minimum Gasteiger partial charge on any atom is -0.493 e. The van der Waals surface area contributed by atoms with E-state index in [0.717, 1.165) is 23.6 Å². The van der Waals surface area contributed by atoms with E-state index < -0.39 is 10.0 Å². The Balaban J connectivity index is 2.18. The first kappa shape index (κ1) is 24.9. The van der Waals surface area contributed by atoms with Crippen LogP contribution in [0.3, 0.4) is 0 Å². The zero-order chi connectivity index (χ0) is 24.2. The van der Waals surface area contributed by atoms with Crippen molar-refractivity contribution >= 4 is 15.5 Å². The van der Waals surface area contributed by atoms with Crippen LogP contribution < -0.4 is 10.3 Å². The molecule has 0 unspecified atom stereocenters. The van der Waals surface area contributed by atoms with Gasteiger partial charge in [-0.25, -0.2) is 17.9 Å². The topological polar surface area (TPSA) is 130 Å². The summed E-state index contributed by atoms with van der Waals surface area (Å²) >= 11 is 0. The van der Waals surface area contributed by atoms with Gasteiger partial charge in [0, 0.05) is 20.0 Å². The smallest absolute Gasteiger partial charge is 0.277 e. The third kappa shape index (κ3) is 5.10. The molecule has 11 heteroatoms.